The van der Waals surface area contributed by atoms with Gasteiger partial charge in [0.05, 0.1) is 11.8 Å². The van der Waals surface area contributed by atoms with E-state index in [9.17, 15) is 4.79 Å². The van der Waals surface area contributed by atoms with Gasteiger partial charge in [0, 0.05) is 6.42 Å². The van der Waals surface area contributed by atoms with E-state index in [1.807, 2.05) is 23.6 Å². The van der Waals surface area contributed by atoms with Gasteiger partial charge < -0.3 is 5.11 Å². The summed E-state index contributed by atoms with van der Waals surface area (Å²) >= 11 is 1.21. The molecule has 0 spiro atoms. The molecule has 0 radical (unpaired) electrons. The average molecular weight is 305 g/mol. The molecule has 0 bridgehead atoms. The van der Waals surface area contributed by atoms with Gasteiger partial charge in [-0.3, -0.25) is 9.36 Å². The van der Waals surface area contributed by atoms with E-state index in [0.29, 0.717) is 5.16 Å². The predicted molar refractivity (Wildman–Crippen MR) is 82.8 cm³/mol. The first-order valence-electron chi connectivity index (χ1n) is 6.88. The van der Waals surface area contributed by atoms with Crippen molar-refractivity contribution in [2.75, 3.05) is 5.75 Å². The molecule has 1 atom stereocenters. The van der Waals surface area contributed by atoms with Crippen molar-refractivity contribution in [3.05, 3.63) is 41.2 Å². The van der Waals surface area contributed by atoms with E-state index in [-0.39, 0.29) is 11.8 Å². The summed E-state index contributed by atoms with van der Waals surface area (Å²) in [6.07, 6.45) is 0.761. The maximum absolute atomic E-state index is 10.8. The van der Waals surface area contributed by atoms with Crippen LogP contribution in [-0.2, 0) is 11.2 Å². The number of aliphatic carboxylic acids is 1. The SMILES string of the molecule is CCc1nnc(SCC(=O)O)n1C(C)c1ccccc1C. The molecule has 0 aliphatic rings. The van der Waals surface area contributed by atoms with Crippen molar-refractivity contribution < 1.29 is 9.90 Å². The Morgan fingerprint density at radius 1 is 1.38 bits per heavy atom. The van der Waals surface area contributed by atoms with Crippen molar-refractivity contribution in [1.82, 2.24) is 14.8 Å². The van der Waals surface area contributed by atoms with Crippen LogP contribution < -0.4 is 0 Å². The fourth-order valence-corrected chi connectivity index (χ4v) is 3.11. The fraction of sp³-hybridized carbons (Fsp3) is 0.400. The number of hydrogen-bond donors (Lipinski definition) is 1. The molecule has 1 heterocycles. The Bertz CT molecular complexity index is 640. The average Bonchev–Trinajstić information content (AvgIpc) is 2.87. The van der Waals surface area contributed by atoms with Gasteiger partial charge in [0.15, 0.2) is 5.16 Å². The first-order valence-corrected chi connectivity index (χ1v) is 7.87. The predicted octanol–water partition coefficient (Wildman–Crippen LogP) is 2.93. The summed E-state index contributed by atoms with van der Waals surface area (Å²) in [4.78, 5) is 10.8. The van der Waals surface area contributed by atoms with E-state index < -0.39 is 5.97 Å². The monoisotopic (exact) mass is 305 g/mol. The van der Waals surface area contributed by atoms with E-state index in [1.54, 1.807) is 0 Å². The summed E-state index contributed by atoms with van der Waals surface area (Å²) in [5.41, 5.74) is 2.40. The number of nitrogens with zero attached hydrogens (tertiary/aromatic N) is 3. The minimum atomic E-state index is -0.851. The van der Waals surface area contributed by atoms with E-state index >= 15 is 0 Å². The Morgan fingerprint density at radius 3 is 2.71 bits per heavy atom. The number of benzene rings is 1. The molecule has 21 heavy (non-hydrogen) atoms. The van der Waals surface area contributed by atoms with E-state index in [1.165, 1.54) is 22.9 Å². The Hall–Kier alpha value is -1.82. The van der Waals surface area contributed by atoms with Gasteiger partial charge in [0.2, 0.25) is 0 Å². The van der Waals surface area contributed by atoms with Crippen LogP contribution in [0.15, 0.2) is 29.4 Å². The number of rotatable bonds is 6. The topological polar surface area (TPSA) is 68.0 Å². The van der Waals surface area contributed by atoms with E-state index in [0.717, 1.165) is 12.2 Å². The van der Waals surface area contributed by atoms with Crippen LogP contribution in [0.1, 0.15) is 36.8 Å². The lowest BCUT2D eigenvalue weighted by molar-refractivity contribution is -0.133. The number of carbonyl (C=O) groups is 1. The molecule has 1 aromatic heterocycles. The van der Waals surface area contributed by atoms with Crippen molar-refractivity contribution in [1.29, 1.82) is 0 Å². The van der Waals surface area contributed by atoms with Gasteiger partial charge >= 0.3 is 5.97 Å². The van der Waals surface area contributed by atoms with Gasteiger partial charge in [-0.05, 0) is 25.0 Å². The third-order valence-electron chi connectivity index (χ3n) is 3.40. The number of aryl methyl sites for hydroxylation is 2. The van der Waals surface area contributed by atoms with Crippen molar-refractivity contribution in [3.8, 4) is 0 Å². The van der Waals surface area contributed by atoms with Crippen LogP contribution in [0.2, 0.25) is 0 Å². The van der Waals surface area contributed by atoms with E-state index in [4.69, 9.17) is 5.11 Å². The van der Waals surface area contributed by atoms with Crippen LogP contribution in [0.3, 0.4) is 0 Å². The Morgan fingerprint density at radius 2 is 2.10 bits per heavy atom. The van der Waals surface area contributed by atoms with Gasteiger partial charge in [0.25, 0.3) is 0 Å². The zero-order valence-electron chi connectivity index (χ0n) is 12.4. The van der Waals surface area contributed by atoms with Crippen molar-refractivity contribution in [3.63, 3.8) is 0 Å². The molecule has 1 unspecified atom stereocenters. The summed E-state index contributed by atoms with van der Waals surface area (Å²) in [5, 5.41) is 17.8. The van der Waals surface area contributed by atoms with Crippen LogP contribution in [0.5, 0.6) is 0 Å². The lowest BCUT2D eigenvalue weighted by atomic mass is 10.0. The van der Waals surface area contributed by atoms with Crippen molar-refractivity contribution in [2.24, 2.45) is 0 Å². The molecule has 5 nitrogen and oxygen atoms in total. The molecule has 112 valence electrons. The van der Waals surface area contributed by atoms with Gasteiger partial charge in [-0.1, -0.05) is 43.0 Å². The molecule has 0 aliphatic carbocycles. The summed E-state index contributed by atoms with van der Waals surface area (Å²) in [6, 6.07) is 8.27. The van der Waals surface area contributed by atoms with Gasteiger partial charge in [-0.25, -0.2) is 0 Å². The molecule has 2 rings (SSSR count). The molecule has 0 amide bonds. The molecule has 0 saturated carbocycles. The normalized spacial score (nSPS) is 12.3. The number of carboxylic acid groups (broad SMARTS) is 1. The lowest BCUT2D eigenvalue weighted by Crippen LogP contribution is -2.13. The zero-order valence-corrected chi connectivity index (χ0v) is 13.2. The second-order valence-electron chi connectivity index (χ2n) is 4.84. The Kier molecular flexibility index (Phi) is 5.01. The van der Waals surface area contributed by atoms with Crippen LogP contribution in [0.25, 0.3) is 0 Å². The first-order chi connectivity index (χ1) is 10.0. The number of thioether (sulfide) groups is 1. The lowest BCUT2D eigenvalue weighted by Gasteiger charge is -2.19. The highest BCUT2D eigenvalue weighted by Crippen LogP contribution is 2.28. The third-order valence-corrected chi connectivity index (χ3v) is 4.33. The van der Waals surface area contributed by atoms with Gasteiger partial charge in [0.1, 0.15) is 5.82 Å². The highest BCUT2D eigenvalue weighted by Gasteiger charge is 2.19. The summed E-state index contributed by atoms with van der Waals surface area (Å²) in [7, 11) is 0. The molecule has 6 heteroatoms. The maximum Gasteiger partial charge on any atom is 0.313 e. The smallest absolute Gasteiger partial charge is 0.313 e. The second kappa shape index (κ2) is 6.76. The van der Waals surface area contributed by atoms with E-state index in [2.05, 4.69) is 36.2 Å². The second-order valence-corrected chi connectivity index (χ2v) is 5.78. The maximum atomic E-state index is 10.8. The van der Waals surface area contributed by atoms with Crippen molar-refractivity contribution in [2.45, 2.75) is 38.4 Å². The standard InChI is InChI=1S/C15H19N3O2S/c1-4-13-16-17-15(21-9-14(19)20)18(13)11(3)12-8-6-5-7-10(12)2/h5-8,11H,4,9H2,1-3H3,(H,19,20). The number of carboxylic acids is 1. The van der Waals surface area contributed by atoms with Crippen LogP contribution >= 0.6 is 11.8 Å². The van der Waals surface area contributed by atoms with Gasteiger partial charge in [-0.15, -0.1) is 10.2 Å². The van der Waals surface area contributed by atoms with Crippen LogP contribution in [-0.4, -0.2) is 31.6 Å². The molecule has 1 aromatic carbocycles. The van der Waals surface area contributed by atoms with Crippen LogP contribution in [0, 0.1) is 6.92 Å². The van der Waals surface area contributed by atoms with Crippen LogP contribution in [0.4, 0.5) is 0 Å². The summed E-state index contributed by atoms with van der Waals surface area (Å²) in [6.45, 7) is 6.19. The molecule has 0 aliphatic heterocycles. The minimum Gasteiger partial charge on any atom is -0.481 e. The zero-order chi connectivity index (χ0) is 15.4. The molecular formula is C15H19N3O2S. The fourth-order valence-electron chi connectivity index (χ4n) is 2.36. The summed E-state index contributed by atoms with van der Waals surface area (Å²) < 4.78 is 2.04. The highest BCUT2D eigenvalue weighted by atomic mass is 32.2. The Balaban J connectivity index is 2.39. The quantitative estimate of drug-likeness (QED) is 0.831. The molecule has 1 N–H and O–H groups in total. The molecule has 0 fully saturated rings. The molecular weight excluding hydrogens is 286 g/mol. The minimum absolute atomic E-state index is 0.0116. The number of aromatic nitrogens is 3. The molecule has 2 aromatic rings. The Labute approximate surface area is 128 Å². The van der Waals surface area contributed by atoms with Crippen molar-refractivity contribution >= 4 is 17.7 Å². The largest absolute Gasteiger partial charge is 0.481 e. The number of hydrogen-bond acceptors (Lipinski definition) is 4. The summed E-state index contributed by atoms with van der Waals surface area (Å²) in [5.74, 6) is 0.0114. The van der Waals surface area contributed by atoms with Gasteiger partial charge in [-0.2, -0.15) is 0 Å². The third kappa shape index (κ3) is 3.44. The first kappa shape index (κ1) is 15.6. The molecule has 0 saturated heterocycles. The highest BCUT2D eigenvalue weighted by molar-refractivity contribution is 7.99.